The molecule has 4 heterocycles. The lowest BCUT2D eigenvalue weighted by Crippen LogP contribution is -2.35. The molecule has 2 aliphatic carbocycles. The Morgan fingerprint density at radius 2 is 1.77 bits per heavy atom. The number of hydrogen-bond acceptors (Lipinski definition) is 13. The number of fused-ring (bicyclic) bond motifs is 2. The molecule has 18 heteroatoms. The lowest BCUT2D eigenvalue weighted by molar-refractivity contribution is -0.274. The Morgan fingerprint density at radius 3 is 2.48 bits per heavy atom. The van der Waals surface area contributed by atoms with E-state index in [1.807, 2.05) is 13.8 Å². The highest BCUT2D eigenvalue weighted by Crippen LogP contribution is 2.46. The molecule has 2 saturated carbocycles. The molecular weight excluding hydrogens is 732 g/mol. The Hall–Kier alpha value is -3.97. The third-order valence-corrected chi connectivity index (χ3v) is 11.8. The minimum absolute atomic E-state index is 0.00842. The number of aromatic nitrogens is 2. The minimum atomic E-state index is -4.89. The predicted octanol–water partition coefficient (Wildman–Crippen LogP) is 5.87. The maximum absolute atomic E-state index is 13.2. The number of benzene rings is 2. The van der Waals surface area contributed by atoms with E-state index in [0.29, 0.717) is 40.1 Å². The first kappa shape index (κ1) is 35.1. The van der Waals surface area contributed by atoms with Gasteiger partial charge in [0.25, 0.3) is 11.1 Å². The molecule has 0 radical (unpaired) electrons. The highest BCUT2D eigenvalue weighted by atomic mass is 32.2. The maximum atomic E-state index is 13.2. The van der Waals surface area contributed by atoms with E-state index in [-0.39, 0.29) is 53.9 Å². The number of amides is 1. The zero-order valence-corrected chi connectivity index (χ0v) is 29.5. The van der Waals surface area contributed by atoms with E-state index in [4.69, 9.17) is 28.2 Å². The van der Waals surface area contributed by atoms with Crippen molar-refractivity contribution in [1.82, 2.24) is 14.9 Å². The van der Waals surface area contributed by atoms with E-state index < -0.39 is 57.7 Å². The summed E-state index contributed by atoms with van der Waals surface area (Å²) in [6.07, 6.45) is -4.46. The van der Waals surface area contributed by atoms with E-state index >= 15 is 0 Å². The lowest BCUT2D eigenvalue weighted by Gasteiger charge is -2.18. The van der Waals surface area contributed by atoms with Gasteiger partial charge < -0.3 is 32.9 Å². The highest BCUT2D eigenvalue weighted by Gasteiger charge is 2.50. The van der Waals surface area contributed by atoms with Crippen molar-refractivity contribution < 1.29 is 59.3 Å². The molecule has 4 fully saturated rings. The van der Waals surface area contributed by atoms with Crippen LogP contribution >= 0.6 is 11.3 Å². The highest BCUT2D eigenvalue weighted by molar-refractivity contribution is 7.91. The van der Waals surface area contributed by atoms with Crippen LogP contribution in [0.15, 0.2) is 40.9 Å². The fourth-order valence-corrected chi connectivity index (χ4v) is 8.59. The van der Waals surface area contributed by atoms with Crippen molar-refractivity contribution in [3.05, 3.63) is 53.3 Å². The van der Waals surface area contributed by atoms with Crippen LogP contribution in [0.25, 0.3) is 21.5 Å². The van der Waals surface area contributed by atoms with Crippen LogP contribution in [0.4, 0.5) is 13.2 Å². The molecule has 13 nitrogen and oxygen atoms in total. The second-order valence-corrected chi connectivity index (χ2v) is 16.4. The van der Waals surface area contributed by atoms with Crippen molar-refractivity contribution in [2.75, 3.05) is 13.2 Å². The van der Waals surface area contributed by atoms with Crippen LogP contribution in [0.2, 0.25) is 0 Å². The number of carbonyl (C=O) groups is 1. The zero-order chi connectivity index (χ0) is 36.4. The average Bonchev–Trinajstić information content (AvgIpc) is 3.95. The van der Waals surface area contributed by atoms with E-state index in [0.717, 1.165) is 12.8 Å². The molecule has 2 aromatic carbocycles. The Bertz CT molecular complexity index is 2090. The number of thiazole rings is 1. The van der Waals surface area contributed by atoms with Crippen LogP contribution in [-0.4, -0.2) is 79.8 Å². The van der Waals surface area contributed by atoms with Gasteiger partial charge in [-0.05, 0) is 63.8 Å². The first-order chi connectivity index (χ1) is 24.8. The Morgan fingerprint density at radius 1 is 1.04 bits per heavy atom. The van der Waals surface area contributed by atoms with Crippen molar-refractivity contribution in [2.45, 2.75) is 94.2 Å². The van der Waals surface area contributed by atoms with Crippen LogP contribution < -0.4 is 18.9 Å². The van der Waals surface area contributed by atoms with Gasteiger partial charge in [0.1, 0.15) is 46.8 Å². The summed E-state index contributed by atoms with van der Waals surface area (Å²) in [7, 11) is -3.76. The number of rotatable bonds is 13. The molecule has 1 amide bonds. The molecule has 0 spiro atoms. The molecule has 278 valence electrons. The van der Waals surface area contributed by atoms with Crippen LogP contribution in [0.3, 0.4) is 0 Å². The van der Waals surface area contributed by atoms with Crippen LogP contribution in [-0.2, 0) is 30.8 Å². The van der Waals surface area contributed by atoms with Gasteiger partial charge in [0, 0.05) is 22.6 Å². The molecule has 52 heavy (non-hydrogen) atoms. The Kier molecular flexibility index (Phi) is 9.08. The number of halogens is 3. The van der Waals surface area contributed by atoms with E-state index in [2.05, 4.69) is 19.6 Å². The monoisotopic (exact) mass is 765 g/mol. The standard InChI is InChI=1S/C34H34F3N3O10S2/c1-16(2)47-23-11-18(32(41)40-52(42,43)19-9-10-19)12-26-28(23)38-33(51-26)48-25-15-46-30-24(14-45-31(25)30)44-13-21-27(39-50-29(21)17-7-8-17)20-5-3-4-6-22(20)49-34(35,36)37/h3-6,11-12,16-17,19,24-25,30-31H,7-10,13-15H2,1-2H3,(H,40,41)/t24-,25-,30-,31-/m1/s1. The van der Waals surface area contributed by atoms with Crippen LogP contribution in [0.1, 0.15) is 67.1 Å². The van der Waals surface area contributed by atoms with E-state index in [1.165, 1.54) is 35.6 Å². The van der Waals surface area contributed by atoms with Crippen molar-refractivity contribution in [2.24, 2.45) is 0 Å². The first-order valence-corrected chi connectivity index (χ1v) is 19.2. The minimum Gasteiger partial charge on any atom is -0.489 e. The van der Waals surface area contributed by atoms with Crippen LogP contribution in [0.5, 0.6) is 16.7 Å². The Labute approximate surface area is 299 Å². The molecule has 4 aliphatic rings. The van der Waals surface area contributed by atoms with Gasteiger partial charge in [-0.15, -0.1) is 13.2 Å². The third kappa shape index (κ3) is 7.31. The van der Waals surface area contributed by atoms with Gasteiger partial charge in [-0.3, -0.25) is 4.79 Å². The number of nitrogens with zero attached hydrogens (tertiary/aromatic N) is 2. The Balaban J connectivity index is 0.969. The third-order valence-electron chi connectivity index (χ3n) is 9.05. The number of sulfonamides is 1. The van der Waals surface area contributed by atoms with Crippen molar-refractivity contribution in [1.29, 1.82) is 0 Å². The summed E-state index contributed by atoms with van der Waals surface area (Å²) in [4.78, 5) is 17.6. The van der Waals surface area contributed by atoms with Gasteiger partial charge >= 0.3 is 6.36 Å². The number of alkyl halides is 3. The number of ether oxygens (including phenoxy) is 6. The van der Waals surface area contributed by atoms with E-state index in [1.54, 1.807) is 12.1 Å². The molecule has 1 N–H and O–H groups in total. The summed E-state index contributed by atoms with van der Waals surface area (Å²) in [5.74, 6) is -0.163. The molecular formula is C34H34F3N3O10S2. The molecule has 2 aliphatic heterocycles. The van der Waals surface area contributed by atoms with Gasteiger partial charge in [-0.1, -0.05) is 28.6 Å². The summed E-state index contributed by atoms with van der Waals surface area (Å²) in [6, 6.07) is 8.78. The van der Waals surface area contributed by atoms with E-state index in [9.17, 15) is 26.4 Å². The van der Waals surface area contributed by atoms with Gasteiger partial charge in [0.2, 0.25) is 10.0 Å². The zero-order valence-electron chi connectivity index (χ0n) is 27.9. The fraction of sp³-hybridized carbons (Fsp3) is 0.500. The van der Waals surface area contributed by atoms with Gasteiger partial charge in [-0.25, -0.2) is 13.1 Å². The molecule has 2 saturated heterocycles. The molecule has 4 aromatic rings. The van der Waals surface area contributed by atoms with Crippen molar-refractivity contribution in [3.63, 3.8) is 0 Å². The SMILES string of the molecule is CC(C)Oc1cc(C(=O)NS(=O)(=O)C2CC2)cc2sc(O[C@@H]3CO[C@H]4[C@@H]3OC[C@H]4OCc3c(-c4ccccc4OC(F)(F)F)noc3C3CC3)nc12. The van der Waals surface area contributed by atoms with Gasteiger partial charge in [-0.2, -0.15) is 4.98 Å². The average molecular weight is 766 g/mol. The molecule has 0 bridgehead atoms. The first-order valence-electron chi connectivity index (χ1n) is 16.8. The normalized spacial score (nSPS) is 23.3. The lowest BCUT2D eigenvalue weighted by atomic mass is 10.0. The summed E-state index contributed by atoms with van der Waals surface area (Å²) < 4.78 is 108. The maximum Gasteiger partial charge on any atom is 0.573 e. The van der Waals surface area contributed by atoms with Gasteiger partial charge in [0.05, 0.1) is 35.9 Å². The summed E-state index contributed by atoms with van der Waals surface area (Å²) in [5.41, 5.74) is 1.46. The van der Waals surface area contributed by atoms with Crippen molar-refractivity contribution in [3.8, 4) is 28.0 Å². The summed E-state index contributed by atoms with van der Waals surface area (Å²) >= 11 is 1.17. The number of nitrogens with one attached hydrogen (secondary N) is 1. The molecule has 2 aromatic heterocycles. The fourth-order valence-electron chi connectivity index (χ4n) is 6.36. The summed E-state index contributed by atoms with van der Waals surface area (Å²) in [6.45, 7) is 3.98. The number of para-hydroxylation sites is 1. The van der Waals surface area contributed by atoms with Crippen molar-refractivity contribution >= 4 is 37.5 Å². The largest absolute Gasteiger partial charge is 0.573 e. The smallest absolute Gasteiger partial charge is 0.489 e. The predicted molar refractivity (Wildman–Crippen MR) is 178 cm³/mol. The van der Waals surface area contributed by atoms with Crippen LogP contribution in [0, 0.1) is 0 Å². The molecule has 4 atom stereocenters. The molecule has 0 unspecified atom stereocenters. The topological polar surface area (TPSA) is 158 Å². The molecule has 8 rings (SSSR count). The van der Waals surface area contributed by atoms with Gasteiger partial charge in [0.15, 0.2) is 6.10 Å². The number of carbonyl (C=O) groups excluding carboxylic acids is 1. The number of hydrogen-bond donors (Lipinski definition) is 1. The second kappa shape index (κ2) is 13.5. The second-order valence-electron chi connectivity index (χ2n) is 13.4. The summed E-state index contributed by atoms with van der Waals surface area (Å²) in [5, 5.41) is 3.86. The quantitative estimate of drug-likeness (QED) is 0.173.